The average Bonchev–Trinajstić information content (AvgIpc) is 3.52. The number of aliphatic hydroxyl groups is 2. The van der Waals surface area contributed by atoms with Gasteiger partial charge in [0.05, 0.1) is 35.6 Å². The normalized spacial score (nSPS) is 21.8. The number of hydrogen-bond donors (Lipinski definition) is 2. The van der Waals surface area contributed by atoms with Crippen molar-refractivity contribution in [2.24, 2.45) is 0 Å². The lowest BCUT2D eigenvalue weighted by Gasteiger charge is -2.26. The number of carbonyl (C=O) groups excluding carboxylic acids is 1. The van der Waals surface area contributed by atoms with Crippen LogP contribution in [0.5, 0.6) is 11.5 Å². The van der Waals surface area contributed by atoms with Crippen molar-refractivity contribution in [1.82, 2.24) is 4.57 Å². The molecule has 9 heteroatoms. The summed E-state index contributed by atoms with van der Waals surface area (Å²) in [5.74, 6) is -2.93. The van der Waals surface area contributed by atoms with Gasteiger partial charge in [-0.25, -0.2) is 4.39 Å². The van der Waals surface area contributed by atoms with E-state index >= 15 is 4.39 Å². The van der Waals surface area contributed by atoms with Gasteiger partial charge in [0.15, 0.2) is 11.5 Å². The molecule has 2 aliphatic rings. The lowest BCUT2D eigenvalue weighted by molar-refractivity contribution is -0.286. The van der Waals surface area contributed by atoms with Crippen LogP contribution in [0.25, 0.3) is 10.9 Å². The Bertz CT molecular complexity index is 1660. The Kier molecular flexibility index (Phi) is 4.52. The van der Waals surface area contributed by atoms with Gasteiger partial charge in [-0.15, -0.1) is 8.78 Å². The molecule has 37 heavy (non-hydrogen) atoms. The van der Waals surface area contributed by atoms with Crippen molar-refractivity contribution in [2.45, 2.75) is 76.2 Å². The first kappa shape index (κ1) is 19.1. The molecule has 0 unspecified atom stereocenters. The number of ketones is 1. The molecule has 198 valence electrons. The summed E-state index contributed by atoms with van der Waals surface area (Å²) in [7, 11) is 0. The molecule has 6 nitrogen and oxygen atoms in total. The molecule has 2 heterocycles. The molecular weight excluding hydrogens is 487 g/mol. The number of alkyl halides is 2. The van der Waals surface area contributed by atoms with Gasteiger partial charge in [0.2, 0.25) is 0 Å². The summed E-state index contributed by atoms with van der Waals surface area (Å²) in [5, 5.41) is 20.2. The van der Waals surface area contributed by atoms with E-state index in [1.165, 1.54) is 17.6 Å². The Hall–Kier alpha value is -3.04. The first-order valence-corrected chi connectivity index (χ1v) is 11.7. The van der Waals surface area contributed by atoms with Crippen LogP contribution in [0.15, 0.2) is 36.3 Å². The molecule has 0 bridgehead atoms. The number of ether oxygens (including phenoxy) is 2. The van der Waals surface area contributed by atoms with Crippen LogP contribution in [0, 0.1) is 5.82 Å². The van der Waals surface area contributed by atoms with Crippen molar-refractivity contribution in [1.29, 1.82) is 0 Å². The van der Waals surface area contributed by atoms with E-state index in [0.717, 1.165) is 6.07 Å². The molecule has 0 saturated heterocycles. The van der Waals surface area contributed by atoms with Gasteiger partial charge in [-0.1, -0.05) is 26.8 Å². The van der Waals surface area contributed by atoms with Crippen LogP contribution in [0.2, 0.25) is 0 Å². The number of fused-ring (bicyclic) bond motifs is 2. The van der Waals surface area contributed by atoms with E-state index in [9.17, 15) is 23.8 Å². The maximum absolute atomic E-state index is 15.6. The highest BCUT2D eigenvalue weighted by Crippen LogP contribution is 2.52. The first-order valence-electron chi connectivity index (χ1n) is 14.7. The lowest BCUT2D eigenvalue weighted by Crippen LogP contribution is -2.26. The summed E-state index contributed by atoms with van der Waals surface area (Å²) in [4.78, 5) is 13.7. The van der Waals surface area contributed by atoms with Gasteiger partial charge in [-0.2, -0.15) is 0 Å². The summed E-state index contributed by atoms with van der Waals surface area (Å²) < 4.78 is 103. The van der Waals surface area contributed by atoms with E-state index in [4.69, 9.17) is 8.22 Å². The number of aliphatic hydroxyl groups excluding tert-OH is 1. The number of hydrogen-bond acceptors (Lipinski definition) is 5. The molecular formula is C28H30F3NO5. The smallest absolute Gasteiger partial charge is 0.395 e. The van der Waals surface area contributed by atoms with E-state index in [0.29, 0.717) is 11.1 Å². The van der Waals surface area contributed by atoms with Crippen molar-refractivity contribution in [3.63, 3.8) is 0 Å². The molecule has 1 fully saturated rings. The molecule has 1 atom stereocenters. The van der Waals surface area contributed by atoms with E-state index in [1.807, 2.05) is 0 Å². The van der Waals surface area contributed by atoms with Gasteiger partial charge in [0, 0.05) is 25.7 Å². The standard InChI is InChI=1S/C28H30F3NO5/c1-4-26(2,3)24-10-17-9-16(20(29)13-21(17)32(24)14-19(34)15-33)11-25(35)27(7-8-27)18-5-6-22-23(12-18)37-28(30,31)36-22/h5-6,9-10,12-13,19,33-34H,4,7-8,11,14-15H2,1-3H3/t19-/m0/s1/i4D2,5D,6D,12D,19D. The van der Waals surface area contributed by atoms with Gasteiger partial charge in [0.1, 0.15) is 11.6 Å². The second kappa shape index (κ2) is 8.77. The monoisotopic (exact) mass is 523 g/mol. The zero-order chi connectivity index (χ0) is 32.1. The van der Waals surface area contributed by atoms with E-state index in [2.05, 4.69) is 9.47 Å². The molecule has 0 radical (unpaired) electrons. The molecule has 1 aromatic heterocycles. The quantitative estimate of drug-likeness (QED) is 0.413. The van der Waals surface area contributed by atoms with Crippen molar-refractivity contribution in [3.05, 3.63) is 59.0 Å². The number of halogens is 3. The van der Waals surface area contributed by atoms with E-state index in [-0.39, 0.29) is 29.5 Å². The Morgan fingerprint density at radius 1 is 1.27 bits per heavy atom. The number of Topliss-reactive ketones (excluding diaryl/α,β-unsaturated/α-hetero) is 1. The molecule has 2 N–H and O–H groups in total. The lowest BCUT2D eigenvalue weighted by atomic mass is 9.86. The number of nitrogens with zero attached hydrogens (tertiary/aromatic N) is 1. The van der Waals surface area contributed by atoms with Crippen molar-refractivity contribution in [2.75, 3.05) is 6.61 Å². The summed E-state index contributed by atoms with van der Waals surface area (Å²) in [6.07, 6.45) is -8.50. The Labute approximate surface area is 221 Å². The minimum Gasteiger partial charge on any atom is -0.395 e. The van der Waals surface area contributed by atoms with E-state index < -0.39 is 90.4 Å². The number of benzene rings is 2. The fourth-order valence-corrected chi connectivity index (χ4v) is 4.67. The third-order valence-electron chi connectivity index (χ3n) is 7.16. The third kappa shape index (κ3) is 4.48. The van der Waals surface area contributed by atoms with Crippen LogP contribution < -0.4 is 9.47 Å². The molecule has 1 saturated carbocycles. The summed E-state index contributed by atoms with van der Waals surface area (Å²) >= 11 is 0. The van der Waals surface area contributed by atoms with Gasteiger partial charge in [0.25, 0.3) is 0 Å². The first-order chi connectivity index (χ1) is 19.7. The highest BCUT2D eigenvalue weighted by molar-refractivity contribution is 5.95. The number of carbonyl (C=O) groups is 1. The Morgan fingerprint density at radius 2 is 1.97 bits per heavy atom. The van der Waals surface area contributed by atoms with Crippen LogP contribution in [-0.2, 0) is 28.6 Å². The molecule has 0 spiro atoms. The molecule has 1 aliphatic carbocycles. The SMILES string of the molecule is [2H]c1c([2H])c(C2(C(=O)Cc3cc4cc(C(C)(C)C([2H])([2H])C)n(C[C@]([2H])(O)CO)c4cc3F)CC2)c([2H])c2c1OC(F)(F)O2. The predicted molar refractivity (Wildman–Crippen MR) is 131 cm³/mol. The molecule has 1 aliphatic heterocycles. The topological polar surface area (TPSA) is 80.9 Å². The second-order valence-corrected chi connectivity index (χ2v) is 9.98. The van der Waals surface area contributed by atoms with Crippen LogP contribution >= 0.6 is 0 Å². The van der Waals surface area contributed by atoms with Gasteiger partial charge in [-0.3, -0.25) is 4.79 Å². The summed E-state index contributed by atoms with van der Waals surface area (Å²) in [6.45, 7) is 3.14. The minimum atomic E-state index is -4.13. The Morgan fingerprint density at radius 3 is 2.62 bits per heavy atom. The van der Waals surface area contributed by atoms with Crippen molar-refractivity contribution < 1.29 is 45.9 Å². The maximum Gasteiger partial charge on any atom is 0.586 e. The minimum absolute atomic E-state index is 0.0653. The van der Waals surface area contributed by atoms with Gasteiger partial charge in [-0.05, 0) is 60.6 Å². The second-order valence-electron chi connectivity index (χ2n) is 9.98. The van der Waals surface area contributed by atoms with Crippen molar-refractivity contribution >= 4 is 16.7 Å². The average molecular weight is 524 g/mol. The van der Waals surface area contributed by atoms with Gasteiger partial charge < -0.3 is 24.3 Å². The van der Waals surface area contributed by atoms with E-state index in [1.54, 1.807) is 19.9 Å². The maximum atomic E-state index is 15.6. The van der Waals surface area contributed by atoms with Crippen LogP contribution in [-0.4, -0.2) is 39.5 Å². The molecule has 0 amide bonds. The van der Waals surface area contributed by atoms with Crippen LogP contribution in [0.1, 0.15) is 65.0 Å². The zero-order valence-corrected chi connectivity index (χ0v) is 20.5. The Balaban J connectivity index is 1.56. The molecule has 5 rings (SSSR count). The highest BCUT2D eigenvalue weighted by atomic mass is 19.3. The van der Waals surface area contributed by atoms with Crippen LogP contribution in [0.4, 0.5) is 13.2 Å². The molecule has 2 aromatic carbocycles. The summed E-state index contributed by atoms with van der Waals surface area (Å²) in [5.41, 5.74) is -2.51. The molecule has 3 aromatic rings. The fraction of sp³-hybridized carbons (Fsp3) is 0.464. The van der Waals surface area contributed by atoms with Crippen molar-refractivity contribution in [3.8, 4) is 11.5 Å². The fourth-order valence-electron chi connectivity index (χ4n) is 4.67. The van der Waals surface area contributed by atoms with Crippen LogP contribution in [0.3, 0.4) is 0 Å². The number of aromatic nitrogens is 1. The summed E-state index contributed by atoms with van der Waals surface area (Å²) in [6, 6.07) is 1.98. The number of rotatable bonds is 9. The highest BCUT2D eigenvalue weighted by Gasteiger charge is 2.52. The third-order valence-corrected chi connectivity index (χ3v) is 7.16. The predicted octanol–water partition coefficient (Wildman–Crippen LogP) is 4.99. The largest absolute Gasteiger partial charge is 0.586 e. The zero-order valence-electron chi connectivity index (χ0n) is 26.5. The van der Waals surface area contributed by atoms with Gasteiger partial charge >= 0.3 is 6.29 Å².